The van der Waals surface area contributed by atoms with Gasteiger partial charge in [-0.05, 0) is 24.5 Å². The summed E-state index contributed by atoms with van der Waals surface area (Å²) in [7, 11) is 0. The first-order chi connectivity index (χ1) is 10.8. The van der Waals surface area contributed by atoms with Crippen LogP contribution < -0.4 is 5.32 Å². The van der Waals surface area contributed by atoms with Gasteiger partial charge in [-0.15, -0.1) is 0 Å². The minimum absolute atomic E-state index is 0.0485. The summed E-state index contributed by atoms with van der Waals surface area (Å²) < 4.78 is 38.9. The Balaban J connectivity index is 1.96. The fourth-order valence-corrected chi connectivity index (χ4v) is 2.99. The zero-order chi connectivity index (χ0) is 17.0. The topological polar surface area (TPSA) is 32.3 Å². The number of carbonyl (C=O) groups excluding carboxylic acids is 1. The minimum Gasteiger partial charge on any atom is -0.342 e. The molecule has 0 unspecified atom stereocenters. The van der Waals surface area contributed by atoms with Gasteiger partial charge >= 0.3 is 6.18 Å². The summed E-state index contributed by atoms with van der Waals surface area (Å²) in [5, 5.41) is 3.43. The third kappa shape index (κ3) is 4.96. The Hall–Kier alpha value is -1.56. The maximum atomic E-state index is 13.0. The number of halogens is 3. The molecule has 1 heterocycles. The quantitative estimate of drug-likeness (QED) is 0.920. The van der Waals surface area contributed by atoms with Gasteiger partial charge in [0.05, 0.1) is 12.0 Å². The minimum atomic E-state index is -4.43. The van der Waals surface area contributed by atoms with Crippen molar-refractivity contribution in [2.75, 3.05) is 13.1 Å². The van der Waals surface area contributed by atoms with Gasteiger partial charge < -0.3 is 10.2 Å². The molecule has 1 aromatic rings. The Kier molecular flexibility index (Phi) is 5.68. The molecule has 23 heavy (non-hydrogen) atoms. The largest absolute Gasteiger partial charge is 0.416 e. The summed E-state index contributed by atoms with van der Waals surface area (Å²) in [6, 6.07) is 6.06. The first kappa shape index (κ1) is 17.8. The molecule has 0 atom stereocenters. The average molecular weight is 328 g/mol. The predicted octanol–water partition coefficient (Wildman–Crippen LogP) is 3.24. The van der Waals surface area contributed by atoms with Crippen molar-refractivity contribution in [2.24, 2.45) is 0 Å². The molecule has 0 aromatic heterocycles. The van der Waals surface area contributed by atoms with E-state index in [0.29, 0.717) is 25.2 Å². The standard InChI is InChI=1S/C17H23F3N2O/c1-12(2)21-14-7-9-22(10-8-14)16(23)11-13-5-3-4-6-15(13)17(18,19)20/h3-6,12,14,21H,7-11H2,1-2H3. The number of rotatable bonds is 4. The van der Waals surface area contributed by atoms with Crippen LogP contribution in [0.2, 0.25) is 0 Å². The normalized spacial score (nSPS) is 16.9. The van der Waals surface area contributed by atoms with Crippen molar-refractivity contribution in [2.45, 2.75) is 51.4 Å². The number of benzene rings is 1. The molecular weight excluding hydrogens is 305 g/mol. The smallest absolute Gasteiger partial charge is 0.342 e. The average Bonchev–Trinajstić information content (AvgIpc) is 2.46. The van der Waals surface area contributed by atoms with Crippen LogP contribution in [0, 0.1) is 0 Å². The highest BCUT2D eigenvalue weighted by atomic mass is 19.4. The lowest BCUT2D eigenvalue weighted by Gasteiger charge is -2.33. The van der Waals surface area contributed by atoms with Crippen LogP contribution in [0.25, 0.3) is 0 Å². The van der Waals surface area contributed by atoms with Gasteiger partial charge in [0.15, 0.2) is 0 Å². The summed E-state index contributed by atoms with van der Waals surface area (Å²) >= 11 is 0. The molecule has 6 heteroatoms. The third-order valence-corrected chi connectivity index (χ3v) is 4.08. The van der Waals surface area contributed by atoms with E-state index in [1.807, 2.05) is 0 Å². The van der Waals surface area contributed by atoms with Gasteiger partial charge in [-0.3, -0.25) is 4.79 Å². The third-order valence-electron chi connectivity index (χ3n) is 4.08. The summed E-state index contributed by atoms with van der Waals surface area (Å²) in [5.74, 6) is -0.232. The van der Waals surface area contributed by atoms with Gasteiger partial charge in [0.1, 0.15) is 0 Å². The van der Waals surface area contributed by atoms with Crippen molar-refractivity contribution >= 4 is 5.91 Å². The van der Waals surface area contributed by atoms with E-state index in [1.165, 1.54) is 18.2 Å². The number of nitrogens with one attached hydrogen (secondary N) is 1. The number of nitrogens with zero attached hydrogens (tertiary/aromatic N) is 1. The van der Waals surface area contributed by atoms with Crippen molar-refractivity contribution in [3.8, 4) is 0 Å². The molecule has 0 bridgehead atoms. The Labute approximate surface area is 134 Å². The van der Waals surface area contributed by atoms with Crippen LogP contribution in [0.15, 0.2) is 24.3 Å². The fraction of sp³-hybridized carbons (Fsp3) is 0.588. The van der Waals surface area contributed by atoms with Gasteiger partial charge in [-0.2, -0.15) is 13.2 Å². The van der Waals surface area contributed by atoms with E-state index in [-0.39, 0.29) is 17.9 Å². The van der Waals surface area contributed by atoms with E-state index in [1.54, 1.807) is 4.90 Å². The number of alkyl halides is 3. The van der Waals surface area contributed by atoms with E-state index in [4.69, 9.17) is 0 Å². The molecule has 2 rings (SSSR count). The lowest BCUT2D eigenvalue weighted by molar-refractivity contribution is -0.138. The first-order valence-corrected chi connectivity index (χ1v) is 7.96. The second-order valence-corrected chi connectivity index (χ2v) is 6.31. The molecule has 0 spiro atoms. The van der Waals surface area contributed by atoms with Crippen LogP contribution in [0.4, 0.5) is 13.2 Å². The molecule has 1 amide bonds. The number of hydrogen-bond acceptors (Lipinski definition) is 2. The number of likely N-dealkylation sites (tertiary alicyclic amines) is 1. The van der Waals surface area contributed by atoms with E-state index < -0.39 is 11.7 Å². The number of amides is 1. The summed E-state index contributed by atoms with van der Waals surface area (Å²) in [6.07, 6.45) is -2.95. The van der Waals surface area contributed by atoms with Gasteiger partial charge in [-0.1, -0.05) is 32.0 Å². The van der Waals surface area contributed by atoms with Crippen LogP contribution in [-0.4, -0.2) is 36.0 Å². The highest BCUT2D eigenvalue weighted by Gasteiger charge is 2.34. The second kappa shape index (κ2) is 7.34. The Bertz CT molecular complexity index is 535. The van der Waals surface area contributed by atoms with E-state index in [0.717, 1.165) is 18.9 Å². The molecule has 1 fully saturated rings. The van der Waals surface area contributed by atoms with E-state index >= 15 is 0 Å². The Morgan fingerprint density at radius 1 is 1.26 bits per heavy atom. The molecule has 1 aromatic carbocycles. The SMILES string of the molecule is CC(C)NC1CCN(C(=O)Cc2ccccc2C(F)(F)F)CC1. The highest BCUT2D eigenvalue weighted by molar-refractivity contribution is 5.79. The summed E-state index contributed by atoms with van der Waals surface area (Å²) in [6.45, 7) is 5.34. The van der Waals surface area contributed by atoms with Crippen molar-refractivity contribution < 1.29 is 18.0 Å². The van der Waals surface area contributed by atoms with Crippen molar-refractivity contribution in [3.05, 3.63) is 35.4 Å². The predicted molar refractivity (Wildman–Crippen MR) is 83.0 cm³/mol. The first-order valence-electron chi connectivity index (χ1n) is 7.96. The van der Waals surface area contributed by atoms with E-state index in [9.17, 15) is 18.0 Å². The zero-order valence-electron chi connectivity index (χ0n) is 13.5. The molecular formula is C17H23F3N2O. The second-order valence-electron chi connectivity index (χ2n) is 6.31. The summed E-state index contributed by atoms with van der Waals surface area (Å²) in [5.41, 5.74) is -0.669. The number of carbonyl (C=O) groups is 1. The maximum absolute atomic E-state index is 13.0. The van der Waals surface area contributed by atoms with Crippen molar-refractivity contribution in [1.82, 2.24) is 10.2 Å². The van der Waals surface area contributed by atoms with Crippen LogP contribution >= 0.6 is 0 Å². The van der Waals surface area contributed by atoms with Crippen molar-refractivity contribution in [3.63, 3.8) is 0 Å². The van der Waals surface area contributed by atoms with E-state index in [2.05, 4.69) is 19.2 Å². The Morgan fingerprint density at radius 2 is 1.87 bits per heavy atom. The molecule has 3 nitrogen and oxygen atoms in total. The van der Waals surface area contributed by atoms with Gasteiger partial charge in [0, 0.05) is 25.2 Å². The zero-order valence-corrected chi connectivity index (χ0v) is 13.5. The number of hydrogen-bond donors (Lipinski definition) is 1. The monoisotopic (exact) mass is 328 g/mol. The molecule has 1 N–H and O–H groups in total. The van der Waals surface area contributed by atoms with Crippen LogP contribution in [0.1, 0.15) is 37.8 Å². The molecule has 1 saturated heterocycles. The van der Waals surface area contributed by atoms with Crippen LogP contribution in [-0.2, 0) is 17.4 Å². The molecule has 0 aliphatic carbocycles. The van der Waals surface area contributed by atoms with Crippen LogP contribution in [0.3, 0.4) is 0 Å². The van der Waals surface area contributed by atoms with Crippen LogP contribution in [0.5, 0.6) is 0 Å². The maximum Gasteiger partial charge on any atom is 0.416 e. The molecule has 0 radical (unpaired) electrons. The molecule has 1 aliphatic heterocycles. The van der Waals surface area contributed by atoms with Gasteiger partial charge in [0.2, 0.25) is 5.91 Å². The lowest BCUT2D eigenvalue weighted by Crippen LogP contribution is -2.47. The molecule has 1 aliphatic rings. The highest BCUT2D eigenvalue weighted by Crippen LogP contribution is 2.32. The fourth-order valence-electron chi connectivity index (χ4n) is 2.99. The van der Waals surface area contributed by atoms with Gasteiger partial charge in [-0.25, -0.2) is 0 Å². The van der Waals surface area contributed by atoms with Crippen molar-refractivity contribution in [1.29, 1.82) is 0 Å². The number of piperidine rings is 1. The molecule has 0 saturated carbocycles. The Morgan fingerprint density at radius 3 is 2.43 bits per heavy atom. The molecule has 128 valence electrons. The summed E-state index contributed by atoms with van der Waals surface area (Å²) in [4.78, 5) is 14.0. The van der Waals surface area contributed by atoms with Gasteiger partial charge in [0.25, 0.3) is 0 Å². The lowest BCUT2D eigenvalue weighted by atomic mass is 10.0.